The van der Waals surface area contributed by atoms with Crippen LogP contribution in [0.4, 0.5) is 0 Å². The molecule has 0 aromatic heterocycles. The molecule has 0 radical (unpaired) electrons. The van der Waals surface area contributed by atoms with Gasteiger partial charge in [0.1, 0.15) is 5.75 Å². The van der Waals surface area contributed by atoms with E-state index in [4.69, 9.17) is 16.3 Å². The zero-order chi connectivity index (χ0) is 14.0. The SMILES string of the molecule is OC1(CNCc2cc(Cl)cc3c2OCC3)CCCCC1. The molecule has 1 aromatic carbocycles. The number of aliphatic hydroxyl groups is 1. The zero-order valence-corrected chi connectivity index (χ0v) is 12.5. The maximum atomic E-state index is 10.5. The highest BCUT2D eigenvalue weighted by molar-refractivity contribution is 6.30. The average Bonchev–Trinajstić information content (AvgIpc) is 2.87. The lowest BCUT2D eigenvalue weighted by atomic mass is 9.85. The van der Waals surface area contributed by atoms with Crippen molar-refractivity contribution < 1.29 is 9.84 Å². The lowest BCUT2D eigenvalue weighted by Gasteiger charge is -2.32. The number of ether oxygens (including phenoxy) is 1. The fraction of sp³-hybridized carbons (Fsp3) is 0.625. The van der Waals surface area contributed by atoms with Crippen molar-refractivity contribution in [2.75, 3.05) is 13.2 Å². The molecule has 0 atom stereocenters. The molecule has 0 spiro atoms. The highest BCUT2D eigenvalue weighted by atomic mass is 35.5. The molecule has 3 nitrogen and oxygen atoms in total. The van der Waals surface area contributed by atoms with Gasteiger partial charge in [0.15, 0.2) is 0 Å². The van der Waals surface area contributed by atoms with E-state index in [1.54, 1.807) is 0 Å². The third-order valence-corrected chi connectivity index (χ3v) is 4.60. The summed E-state index contributed by atoms with van der Waals surface area (Å²) in [6.07, 6.45) is 6.26. The van der Waals surface area contributed by atoms with Gasteiger partial charge in [-0.1, -0.05) is 30.9 Å². The minimum atomic E-state index is -0.527. The van der Waals surface area contributed by atoms with E-state index in [1.165, 1.54) is 12.0 Å². The first-order valence-electron chi connectivity index (χ1n) is 7.53. The van der Waals surface area contributed by atoms with Crippen LogP contribution >= 0.6 is 11.6 Å². The quantitative estimate of drug-likeness (QED) is 0.897. The summed E-state index contributed by atoms with van der Waals surface area (Å²) in [5.41, 5.74) is 1.77. The van der Waals surface area contributed by atoms with E-state index >= 15 is 0 Å². The summed E-state index contributed by atoms with van der Waals surface area (Å²) in [6, 6.07) is 3.95. The summed E-state index contributed by atoms with van der Waals surface area (Å²) in [7, 11) is 0. The molecule has 1 heterocycles. The molecule has 1 aliphatic heterocycles. The second-order valence-electron chi connectivity index (χ2n) is 6.04. The van der Waals surface area contributed by atoms with Gasteiger partial charge in [0.2, 0.25) is 0 Å². The van der Waals surface area contributed by atoms with Crippen molar-refractivity contribution in [3.8, 4) is 5.75 Å². The molecule has 1 aromatic rings. The fourth-order valence-corrected chi connectivity index (χ4v) is 3.56. The summed E-state index contributed by atoms with van der Waals surface area (Å²) >= 11 is 6.15. The smallest absolute Gasteiger partial charge is 0.127 e. The van der Waals surface area contributed by atoms with Crippen molar-refractivity contribution in [1.82, 2.24) is 5.32 Å². The molecule has 0 unspecified atom stereocenters. The van der Waals surface area contributed by atoms with Gasteiger partial charge in [0.25, 0.3) is 0 Å². The number of nitrogens with one attached hydrogen (secondary N) is 1. The molecule has 0 bridgehead atoms. The van der Waals surface area contributed by atoms with Crippen LogP contribution in [0, 0.1) is 0 Å². The zero-order valence-electron chi connectivity index (χ0n) is 11.8. The number of hydrogen-bond donors (Lipinski definition) is 2. The van der Waals surface area contributed by atoms with E-state index in [0.717, 1.165) is 55.0 Å². The Morgan fingerprint density at radius 2 is 2.05 bits per heavy atom. The molecular formula is C16H22ClNO2. The Labute approximate surface area is 125 Å². The molecule has 1 aliphatic carbocycles. The van der Waals surface area contributed by atoms with Crippen LogP contribution in [0.2, 0.25) is 5.02 Å². The van der Waals surface area contributed by atoms with Crippen LogP contribution in [0.3, 0.4) is 0 Å². The normalized spacial score (nSPS) is 20.5. The Morgan fingerprint density at radius 3 is 2.85 bits per heavy atom. The van der Waals surface area contributed by atoms with Gasteiger partial charge in [-0.15, -0.1) is 0 Å². The molecule has 0 saturated heterocycles. The van der Waals surface area contributed by atoms with Gasteiger partial charge < -0.3 is 15.2 Å². The van der Waals surface area contributed by atoms with Gasteiger partial charge >= 0.3 is 0 Å². The van der Waals surface area contributed by atoms with Crippen LogP contribution in [0.5, 0.6) is 5.75 Å². The van der Waals surface area contributed by atoms with E-state index in [0.29, 0.717) is 13.1 Å². The largest absolute Gasteiger partial charge is 0.493 e. The summed E-state index contributed by atoms with van der Waals surface area (Å²) in [5, 5.41) is 14.6. The van der Waals surface area contributed by atoms with Crippen LogP contribution in [0.1, 0.15) is 43.2 Å². The highest BCUT2D eigenvalue weighted by Crippen LogP contribution is 2.33. The number of fused-ring (bicyclic) bond motifs is 1. The van der Waals surface area contributed by atoms with E-state index in [1.807, 2.05) is 12.1 Å². The minimum absolute atomic E-state index is 0.527. The molecular weight excluding hydrogens is 274 g/mol. The molecule has 4 heteroatoms. The van der Waals surface area contributed by atoms with E-state index < -0.39 is 5.60 Å². The average molecular weight is 296 g/mol. The van der Waals surface area contributed by atoms with Crippen molar-refractivity contribution in [1.29, 1.82) is 0 Å². The molecule has 1 saturated carbocycles. The van der Waals surface area contributed by atoms with Crippen LogP contribution in [-0.2, 0) is 13.0 Å². The van der Waals surface area contributed by atoms with Crippen molar-refractivity contribution >= 4 is 11.6 Å². The molecule has 2 aliphatic rings. The monoisotopic (exact) mass is 295 g/mol. The van der Waals surface area contributed by atoms with Gasteiger partial charge in [-0.25, -0.2) is 0 Å². The van der Waals surface area contributed by atoms with Crippen molar-refractivity contribution in [2.45, 2.75) is 50.7 Å². The first-order valence-corrected chi connectivity index (χ1v) is 7.91. The topological polar surface area (TPSA) is 41.5 Å². The second kappa shape index (κ2) is 5.92. The van der Waals surface area contributed by atoms with Gasteiger partial charge in [-0.2, -0.15) is 0 Å². The van der Waals surface area contributed by atoms with Crippen LogP contribution < -0.4 is 10.1 Å². The van der Waals surface area contributed by atoms with E-state index in [2.05, 4.69) is 5.32 Å². The standard InChI is InChI=1S/C16H22ClNO2/c17-14-8-12-4-7-20-15(12)13(9-14)10-18-11-16(19)5-2-1-3-6-16/h8-9,18-19H,1-7,10-11H2. The summed E-state index contributed by atoms with van der Waals surface area (Å²) in [4.78, 5) is 0. The molecule has 0 amide bonds. The summed E-state index contributed by atoms with van der Waals surface area (Å²) in [6.45, 7) is 2.09. The van der Waals surface area contributed by atoms with Gasteiger partial charge in [0, 0.05) is 30.1 Å². The van der Waals surface area contributed by atoms with Crippen LogP contribution in [0.15, 0.2) is 12.1 Å². The van der Waals surface area contributed by atoms with Crippen LogP contribution in [0.25, 0.3) is 0 Å². The summed E-state index contributed by atoms with van der Waals surface area (Å²) in [5.74, 6) is 0.984. The third kappa shape index (κ3) is 3.11. The van der Waals surface area contributed by atoms with E-state index in [-0.39, 0.29) is 0 Å². The molecule has 1 fully saturated rings. The van der Waals surface area contributed by atoms with Crippen molar-refractivity contribution in [3.05, 3.63) is 28.3 Å². The van der Waals surface area contributed by atoms with Crippen LogP contribution in [-0.4, -0.2) is 23.9 Å². The number of halogens is 1. The first kappa shape index (κ1) is 14.2. The fourth-order valence-electron chi connectivity index (χ4n) is 3.29. The Kier molecular flexibility index (Phi) is 4.20. The number of rotatable bonds is 4. The predicted octanol–water partition coefficient (Wildman–Crippen LogP) is 3.06. The van der Waals surface area contributed by atoms with Crippen molar-refractivity contribution in [3.63, 3.8) is 0 Å². The second-order valence-corrected chi connectivity index (χ2v) is 6.48. The Balaban J connectivity index is 1.61. The molecule has 110 valence electrons. The van der Waals surface area contributed by atoms with Crippen molar-refractivity contribution in [2.24, 2.45) is 0 Å². The number of benzene rings is 1. The molecule has 3 rings (SSSR count). The Hall–Kier alpha value is -0.770. The maximum Gasteiger partial charge on any atom is 0.127 e. The first-order chi connectivity index (χ1) is 9.66. The maximum absolute atomic E-state index is 10.5. The Morgan fingerprint density at radius 1 is 1.25 bits per heavy atom. The number of hydrogen-bond acceptors (Lipinski definition) is 3. The minimum Gasteiger partial charge on any atom is -0.493 e. The highest BCUT2D eigenvalue weighted by Gasteiger charge is 2.28. The van der Waals surface area contributed by atoms with Gasteiger partial charge in [0.05, 0.1) is 12.2 Å². The lowest BCUT2D eigenvalue weighted by molar-refractivity contribution is 0.00464. The predicted molar refractivity (Wildman–Crippen MR) is 80.4 cm³/mol. The van der Waals surface area contributed by atoms with E-state index in [9.17, 15) is 5.11 Å². The third-order valence-electron chi connectivity index (χ3n) is 4.38. The Bertz CT molecular complexity index is 484. The molecule has 20 heavy (non-hydrogen) atoms. The lowest BCUT2D eigenvalue weighted by Crippen LogP contribution is -2.41. The summed E-state index contributed by atoms with van der Waals surface area (Å²) < 4.78 is 5.69. The molecule has 2 N–H and O–H groups in total. The van der Waals surface area contributed by atoms with Gasteiger partial charge in [-0.05, 0) is 30.5 Å². The van der Waals surface area contributed by atoms with Gasteiger partial charge in [-0.3, -0.25) is 0 Å².